The summed E-state index contributed by atoms with van der Waals surface area (Å²) in [4.78, 5) is 25.9. The third kappa shape index (κ3) is 6.34. The van der Waals surface area contributed by atoms with Crippen LogP contribution in [0.15, 0.2) is 60.6 Å². The van der Waals surface area contributed by atoms with Crippen LogP contribution in [0.25, 0.3) is 6.08 Å². The van der Waals surface area contributed by atoms with Crippen molar-refractivity contribution in [3.63, 3.8) is 0 Å². The van der Waals surface area contributed by atoms with E-state index in [1.54, 1.807) is 29.3 Å². The first-order chi connectivity index (χ1) is 16.7. The summed E-state index contributed by atoms with van der Waals surface area (Å²) < 4.78 is 43.6. The number of piperidine rings is 1. The topological polar surface area (TPSA) is 80.2 Å². The molecular weight excluding hydrogens is 459 g/mol. The van der Waals surface area contributed by atoms with E-state index < -0.39 is 11.7 Å². The second-order valence-electron chi connectivity index (χ2n) is 8.36. The van der Waals surface area contributed by atoms with Crippen molar-refractivity contribution >= 4 is 17.8 Å². The molecule has 35 heavy (non-hydrogen) atoms. The van der Waals surface area contributed by atoms with Gasteiger partial charge in [0.25, 0.3) is 0 Å². The van der Waals surface area contributed by atoms with Crippen molar-refractivity contribution < 1.29 is 22.7 Å². The Morgan fingerprint density at radius 3 is 2.57 bits per heavy atom. The molecule has 1 aliphatic rings. The van der Waals surface area contributed by atoms with E-state index in [4.69, 9.17) is 4.74 Å². The third-order valence-corrected chi connectivity index (χ3v) is 5.62. The number of halogens is 3. The monoisotopic (exact) mass is 483 g/mol. The van der Waals surface area contributed by atoms with Crippen molar-refractivity contribution in [2.75, 3.05) is 18.4 Å². The van der Waals surface area contributed by atoms with Crippen LogP contribution in [0.1, 0.15) is 30.2 Å². The van der Waals surface area contributed by atoms with Crippen LogP contribution >= 0.6 is 0 Å². The molecule has 3 aromatic rings. The van der Waals surface area contributed by atoms with E-state index >= 15 is 0 Å². The fourth-order valence-corrected chi connectivity index (χ4v) is 3.70. The lowest BCUT2D eigenvalue weighted by molar-refractivity contribution is -0.138. The summed E-state index contributed by atoms with van der Waals surface area (Å²) in [6.07, 6.45) is 1.27. The summed E-state index contributed by atoms with van der Waals surface area (Å²) in [5.41, 5.74) is 2.66. The maximum absolute atomic E-state index is 12.7. The fraction of sp³-hybridized carbons (Fsp3) is 0.280. The molecular formula is C25H24F3N5O2. The van der Waals surface area contributed by atoms with Gasteiger partial charge in [0.2, 0.25) is 0 Å². The van der Waals surface area contributed by atoms with Crippen LogP contribution in [0.4, 0.5) is 23.7 Å². The first-order valence-electron chi connectivity index (χ1n) is 11.0. The summed E-state index contributed by atoms with van der Waals surface area (Å²) in [6, 6.07) is 10.5. The minimum atomic E-state index is -4.50. The molecule has 1 atom stereocenters. The molecule has 0 bridgehead atoms. The lowest BCUT2D eigenvalue weighted by Crippen LogP contribution is -2.42. The van der Waals surface area contributed by atoms with Crippen LogP contribution in [-0.4, -0.2) is 39.0 Å². The van der Waals surface area contributed by atoms with Gasteiger partial charge in [-0.15, -0.1) is 0 Å². The number of alkyl halides is 3. The van der Waals surface area contributed by atoms with Gasteiger partial charge in [0.05, 0.1) is 17.4 Å². The Morgan fingerprint density at radius 1 is 1.14 bits per heavy atom. The quantitative estimate of drug-likeness (QED) is 0.496. The standard InChI is InChI=1S/C25H24F3N5O2/c1-16-15-33(24(34)32-21-7-6-17(2)29-14-21)9-8-19(16)10-18-4-3-5-22(11-18)35-23-30-12-20(13-31-23)25(26,27)28/h3-7,10-14,16H,8-9,15H2,1-2H3,(H,32,34)/b19-10+. The second-order valence-corrected chi connectivity index (χ2v) is 8.36. The molecule has 0 aliphatic carbocycles. The molecule has 1 fully saturated rings. The molecule has 3 heterocycles. The first-order valence-corrected chi connectivity index (χ1v) is 11.0. The van der Waals surface area contributed by atoms with Crippen molar-refractivity contribution in [1.29, 1.82) is 0 Å². The van der Waals surface area contributed by atoms with Crippen molar-refractivity contribution in [3.8, 4) is 11.8 Å². The average molecular weight is 483 g/mol. The van der Waals surface area contributed by atoms with E-state index in [0.717, 1.165) is 11.3 Å². The van der Waals surface area contributed by atoms with Gasteiger partial charge in [0, 0.05) is 31.2 Å². The number of anilines is 1. The molecule has 1 aliphatic heterocycles. The third-order valence-electron chi connectivity index (χ3n) is 5.62. The Hall–Kier alpha value is -3.95. The van der Waals surface area contributed by atoms with E-state index in [0.29, 0.717) is 43.3 Å². The summed E-state index contributed by atoms with van der Waals surface area (Å²) >= 11 is 0. The molecule has 0 spiro atoms. The van der Waals surface area contributed by atoms with Gasteiger partial charge in [-0.05, 0) is 49.1 Å². The maximum Gasteiger partial charge on any atom is 0.419 e. The predicted octanol–water partition coefficient (Wildman–Crippen LogP) is 5.95. The SMILES string of the molecule is Cc1ccc(NC(=O)N2CC/C(=C\c3cccc(Oc4ncc(C(F)(F)F)cn4)c3)C(C)C2)cn1. The number of likely N-dealkylation sites (tertiary alicyclic amines) is 1. The zero-order valence-electron chi connectivity index (χ0n) is 19.2. The Labute approximate surface area is 200 Å². The van der Waals surface area contributed by atoms with Crippen LogP contribution in [-0.2, 0) is 6.18 Å². The number of nitrogens with one attached hydrogen (secondary N) is 1. The van der Waals surface area contributed by atoms with Crippen LogP contribution in [0.2, 0.25) is 0 Å². The molecule has 4 rings (SSSR count). The van der Waals surface area contributed by atoms with Crippen LogP contribution < -0.4 is 10.1 Å². The molecule has 1 N–H and O–H groups in total. The van der Waals surface area contributed by atoms with Crippen LogP contribution in [0.3, 0.4) is 0 Å². The molecule has 2 amide bonds. The molecule has 0 radical (unpaired) electrons. The summed E-state index contributed by atoms with van der Waals surface area (Å²) in [5.74, 6) is 0.559. The van der Waals surface area contributed by atoms with E-state index in [1.807, 2.05) is 31.2 Å². The van der Waals surface area contributed by atoms with E-state index in [1.165, 1.54) is 5.57 Å². The van der Waals surface area contributed by atoms with Gasteiger partial charge >= 0.3 is 18.2 Å². The number of benzene rings is 1. The lowest BCUT2D eigenvalue weighted by atomic mass is 9.91. The zero-order chi connectivity index (χ0) is 25.0. The highest BCUT2D eigenvalue weighted by molar-refractivity contribution is 5.89. The Bertz CT molecular complexity index is 1210. The normalized spacial score (nSPS) is 17.3. The molecule has 1 saturated heterocycles. The van der Waals surface area contributed by atoms with Gasteiger partial charge in [-0.3, -0.25) is 4.98 Å². The maximum atomic E-state index is 12.7. The Kier molecular flexibility index (Phi) is 6.99. The minimum Gasteiger partial charge on any atom is -0.424 e. The predicted molar refractivity (Wildman–Crippen MR) is 125 cm³/mol. The number of carbonyl (C=O) groups excluding carboxylic acids is 1. The molecule has 1 unspecified atom stereocenters. The van der Waals surface area contributed by atoms with E-state index in [2.05, 4.69) is 27.2 Å². The molecule has 10 heteroatoms. The number of hydrogen-bond donors (Lipinski definition) is 1. The number of rotatable bonds is 4. The number of hydrogen-bond acceptors (Lipinski definition) is 5. The number of ether oxygens (including phenoxy) is 1. The van der Waals surface area contributed by atoms with Crippen molar-refractivity contribution in [3.05, 3.63) is 77.4 Å². The lowest BCUT2D eigenvalue weighted by Gasteiger charge is -2.33. The number of amides is 2. The Morgan fingerprint density at radius 2 is 1.91 bits per heavy atom. The summed E-state index contributed by atoms with van der Waals surface area (Å²) in [6.45, 7) is 5.11. The minimum absolute atomic E-state index is 0.147. The van der Waals surface area contributed by atoms with Gasteiger partial charge < -0.3 is 15.0 Å². The number of aromatic nitrogens is 3. The highest BCUT2D eigenvalue weighted by Gasteiger charge is 2.31. The van der Waals surface area contributed by atoms with Gasteiger partial charge in [-0.2, -0.15) is 13.2 Å². The Balaban J connectivity index is 1.38. The van der Waals surface area contributed by atoms with E-state index in [-0.39, 0.29) is 18.0 Å². The van der Waals surface area contributed by atoms with Gasteiger partial charge in [0.1, 0.15) is 5.75 Å². The highest BCUT2D eigenvalue weighted by atomic mass is 19.4. The molecule has 7 nitrogen and oxygen atoms in total. The first kappa shape index (κ1) is 24.2. The number of aryl methyl sites for hydroxylation is 1. The zero-order valence-corrected chi connectivity index (χ0v) is 19.2. The number of urea groups is 1. The van der Waals surface area contributed by atoms with Gasteiger partial charge in [0.15, 0.2) is 0 Å². The van der Waals surface area contributed by atoms with Crippen LogP contribution in [0, 0.1) is 12.8 Å². The number of nitrogens with zero attached hydrogens (tertiary/aromatic N) is 4. The highest BCUT2D eigenvalue weighted by Crippen LogP contribution is 2.30. The second kappa shape index (κ2) is 10.1. The van der Waals surface area contributed by atoms with Crippen molar-refractivity contribution in [1.82, 2.24) is 19.9 Å². The fourth-order valence-electron chi connectivity index (χ4n) is 3.70. The van der Waals surface area contributed by atoms with Crippen molar-refractivity contribution in [2.45, 2.75) is 26.4 Å². The molecule has 0 saturated carbocycles. The van der Waals surface area contributed by atoms with Crippen LogP contribution in [0.5, 0.6) is 11.8 Å². The van der Waals surface area contributed by atoms with Crippen molar-refractivity contribution in [2.24, 2.45) is 5.92 Å². The number of pyridine rings is 1. The molecule has 1 aromatic carbocycles. The average Bonchev–Trinajstić information content (AvgIpc) is 2.82. The van der Waals surface area contributed by atoms with E-state index in [9.17, 15) is 18.0 Å². The van der Waals surface area contributed by atoms with Gasteiger partial charge in [-0.1, -0.05) is 30.7 Å². The largest absolute Gasteiger partial charge is 0.424 e. The summed E-state index contributed by atoms with van der Waals surface area (Å²) in [5, 5.41) is 2.88. The smallest absolute Gasteiger partial charge is 0.419 e. The molecule has 182 valence electrons. The molecule has 2 aromatic heterocycles. The summed E-state index contributed by atoms with van der Waals surface area (Å²) in [7, 11) is 0. The van der Waals surface area contributed by atoms with Gasteiger partial charge in [-0.25, -0.2) is 14.8 Å². The number of carbonyl (C=O) groups is 1.